The topological polar surface area (TPSA) is 110 Å². The minimum absolute atomic E-state index is 0.0354. The molecule has 8 nitrogen and oxygen atoms in total. The number of nitrogens with one attached hydrogen (secondary N) is 2. The van der Waals surface area contributed by atoms with Crippen LogP contribution in [0.5, 0.6) is 0 Å². The summed E-state index contributed by atoms with van der Waals surface area (Å²) in [5.41, 5.74) is 0.233. The Morgan fingerprint density at radius 1 is 1.37 bits per heavy atom. The molecule has 1 atom stereocenters. The summed E-state index contributed by atoms with van der Waals surface area (Å²) in [4.78, 5) is 12.5. The van der Waals surface area contributed by atoms with Gasteiger partial charge in [-0.15, -0.1) is 10.2 Å². The summed E-state index contributed by atoms with van der Waals surface area (Å²) in [6, 6.07) is 5.89. The molecule has 1 aliphatic heterocycles. The van der Waals surface area contributed by atoms with Crippen LogP contribution in [0.25, 0.3) is 0 Å². The Morgan fingerprint density at radius 2 is 2.19 bits per heavy atom. The largest absolute Gasteiger partial charge is 0.377 e. The van der Waals surface area contributed by atoms with Crippen molar-refractivity contribution in [2.24, 2.45) is 0 Å². The second kappa shape index (κ2) is 8.42. The molecule has 2 N–H and O–H groups in total. The molecule has 1 amide bonds. The molecular formula is C17H22N4O4S2. The first-order valence-electron chi connectivity index (χ1n) is 8.71. The Balaban J connectivity index is 1.68. The smallest absolute Gasteiger partial charge is 0.257 e. The molecule has 10 heteroatoms. The van der Waals surface area contributed by atoms with Gasteiger partial charge in [-0.2, -0.15) is 0 Å². The van der Waals surface area contributed by atoms with Gasteiger partial charge in [0.1, 0.15) is 5.01 Å². The van der Waals surface area contributed by atoms with Gasteiger partial charge in [0.25, 0.3) is 5.91 Å². The highest BCUT2D eigenvalue weighted by atomic mass is 32.2. The summed E-state index contributed by atoms with van der Waals surface area (Å²) in [6.07, 6.45) is 1.68. The van der Waals surface area contributed by atoms with Crippen molar-refractivity contribution in [2.45, 2.75) is 43.6 Å². The Kier molecular flexibility index (Phi) is 6.20. The molecule has 0 unspecified atom stereocenters. The van der Waals surface area contributed by atoms with E-state index in [4.69, 9.17) is 4.74 Å². The van der Waals surface area contributed by atoms with E-state index >= 15 is 0 Å². The highest BCUT2D eigenvalue weighted by molar-refractivity contribution is 7.89. The third-order valence-corrected chi connectivity index (χ3v) is 6.65. The van der Waals surface area contributed by atoms with Crippen molar-refractivity contribution in [1.82, 2.24) is 14.9 Å². The number of carbonyl (C=O) groups excluding carboxylic acids is 1. The lowest BCUT2D eigenvalue weighted by atomic mass is 10.2. The molecule has 3 rings (SSSR count). The summed E-state index contributed by atoms with van der Waals surface area (Å²) >= 11 is 1.30. The molecule has 0 bridgehead atoms. The number of ether oxygens (including phenoxy) is 1. The molecule has 1 aromatic heterocycles. The molecule has 1 fully saturated rings. The van der Waals surface area contributed by atoms with Crippen LogP contribution in [0.15, 0.2) is 29.2 Å². The van der Waals surface area contributed by atoms with E-state index in [1.54, 1.807) is 6.07 Å². The third-order valence-electron chi connectivity index (χ3n) is 4.09. The molecule has 1 aromatic carbocycles. The fourth-order valence-electron chi connectivity index (χ4n) is 2.58. The predicted molar refractivity (Wildman–Crippen MR) is 103 cm³/mol. The maximum Gasteiger partial charge on any atom is 0.257 e. The number of aromatic nitrogens is 2. The van der Waals surface area contributed by atoms with E-state index in [1.807, 2.05) is 13.8 Å². The van der Waals surface area contributed by atoms with Crippen LogP contribution in [0.3, 0.4) is 0 Å². The minimum atomic E-state index is -3.72. The fourth-order valence-corrected chi connectivity index (χ4v) is 4.44. The molecule has 2 aromatic rings. The molecule has 1 aliphatic rings. The summed E-state index contributed by atoms with van der Waals surface area (Å²) in [7, 11) is -3.72. The zero-order valence-corrected chi connectivity index (χ0v) is 16.8. The number of nitrogens with zero attached hydrogens (tertiary/aromatic N) is 2. The van der Waals surface area contributed by atoms with Gasteiger partial charge >= 0.3 is 0 Å². The standard InChI is InChI=1S/C17H22N4O4S2/c1-11(2)16-20-21-17(26-16)19-15(22)12-5-3-7-14(9-12)27(23,24)18-10-13-6-4-8-25-13/h3,5,7,9,11,13,18H,4,6,8,10H2,1-2H3,(H,19,21,22)/t13-/m0/s1. The Labute approximate surface area is 162 Å². The Morgan fingerprint density at radius 3 is 2.85 bits per heavy atom. The molecular weight excluding hydrogens is 388 g/mol. The van der Waals surface area contributed by atoms with Crippen LogP contribution in [0.2, 0.25) is 0 Å². The molecule has 2 heterocycles. The SMILES string of the molecule is CC(C)c1nnc(NC(=O)c2cccc(S(=O)(=O)NC[C@@H]3CCCO3)c2)s1. The molecule has 1 saturated heterocycles. The van der Waals surface area contributed by atoms with Crippen molar-refractivity contribution in [3.05, 3.63) is 34.8 Å². The van der Waals surface area contributed by atoms with Crippen molar-refractivity contribution < 1.29 is 17.9 Å². The van der Waals surface area contributed by atoms with Crippen molar-refractivity contribution in [3.8, 4) is 0 Å². The van der Waals surface area contributed by atoms with E-state index in [0.717, 1.165) is 17.8 Å². The predicted octanol–water partition coefficient (Wildman–Crippen LogP) is 2.37. The van der Waals surface area contributed by atoms with Crippen molar-refractivity contribution in [1.29, 1.82) is 0 Å². The normalized spacial score (nSPS) is 17.4. The van der Waals surface area contributed by atoms with Gasteiger partial charge in [0.2, 0.25) is 15.2 Å². The third kappa shape index (κ3) is 5.10. The number of rotatable bonds is 7. The van der Waals surface area contributed by atoms with Crippen molar-refractivity contribution >= 4 is 32.4 Å². The molecule has 27 heavy (non-hydrogen) atoms. The average Bonchev–Trinajstić information content (AvgIpc) is 3.32. The second-order valence-electron chi connectivity index (χ2n) is 6.57. The number of sulfonamides is 1. The molecule has 0 radical (unpaired) electrons. The first kappa shape index (κ1) is 19.9. The average molecular weight is 411 g/mol. The molecule has 146 valence electrons. The minimum Gasteiger partial charge on any atom is -0.377 e. The van der Waals surface area contributed by atoms with Crippen LogP contribution in [0.4, 0.5) is 5.13 Å². The Hall–Kier alpha value is -1.88. The number of anilines is 1. The van der Waals surface area contributed by atoms with E-state index in [9.17, 15) is 13.2 Å². The van der Waals surface area contributed by atoms with Gasteiger partial charge < -0.3 is 4.74 Å². The summed E-state index contributed by atoms with van der Waals surface area (Å²) in [6.45, 7) is 4.86. The van der Waals surface area contributed by atoms with Gasteiger partial charge in [-0.3, -0.25) is 10.1 Å². The number of carbonyl (C=O) groups is 1. The van der Waals surface area contributed by atoms with Crippen LogP contribution in [-0.2, 0) is 14.8 Å². The van der Waals surface area contributed by atoms with Crippen LogP contribution >= 0.6 is 11.3 Å². The van der Waals surface area contributed by atoms with E-state index in [0.29, 0.717) is 11.7 Å². The zero-order valence-electron chi connectivity index (χ0n) is 15.1. The summed E-state index contributed by atoms with van der Waals surface area (Å²) < 4.78 is 32.9. The number of benzene rings is 1. The number of hydrogen-bond acceptors (Lipinski definition) is 7. The fraction of sp³-hybridized carbons (Fsp3) is 0.471. The van der Waals surface area contributed by atoms with Gasteiger partial charge in [0, 0.05) is 24.6 Å². The van der Waals surface area contributed by atoms with E-state index < -0.39 is 15.9 Å². The number of hydrogen-bond donors (Lipinski definition) is 2. The molecule has 0 spiro atoms. The van der Waals surface area contributed by atoms with E-state index in [1.165, 1.54) is 29.5 Å². The van der Waals surface area contributed by atoms with Crippen molar-refractivity contribution in [3.63, 3.8) is 0 Å². The summed E-state index contributed by atoms with van der Waals surface area (Å²) in [5, 5.41) is 11.8. The molecule has 0 aliphatic carbocycles. The quantitative estimate of drug-likeness (QED) is 0.725. The van der Waals surface area contributed by atoms with Crippen LogP contribution in [-0.4, -0.2) is 43.8 Å². The van der Waals surface area contributed by atoms with Gasteiger partial charge in [0.05, 0.1) is 11.0 Å². The van der Waals surface area contributed by atoms with Gasteiger partial charge in [-0.1, -0.05) is 31.3 Å². The van der Waals surface area contributed by atoms with Gasteiger partial charge in [0.15, 0.2) is 0 Å². The highest BCUT2D eigenvalue weighted by Crippen LogP contribution is 2.23. The van der Waals surface area contributed by atoms with E-state index in [2.05, 4.69) is 20.2 Å². The molecule has 0 saturated carbocycles. The zero-order chi connectivity index (χ0) is 19.4. The van der Waals surface area contributed by atoms with E-state index in [-0.39, 0.29) is 29.0 Å². The van der Waals surface area contributed by atoms with Crippen molar-refractivity contribution in [2.75, 3.05) is 18.5 Å². The van der Waals surface area contributed by atoms with Crippen LogP contribution in [0, 0.1) is 0 Å². The lowest BCUT2D eigenvalue weighted by Gasteiger charge is -2.12. The lowest BCUT2D eigenvalue weighted by Crippen LogP contribution is -2.32. The maximum absolute atomic E-state index is 12.5. The first-order chi connectivity index (χ1) is 12.8. The van der Waals surface area contributed by atoms with Crippen LogP contribution in [0.1, 0.15) is 48.0 Å². The maximum atomic E-state index is 12.5. The summed E-state index contributed by atoms with van der Waals surface area (Å²) in [5.74, 6) is -0.214. The van der Waals surface area contributed by atoms with Crippen LogP contribution < -0.4 is 10.0 Å². The Bertz CT molecular complexity index is 905. The number of amides is 1. The van der Waals surface area contributed by atoms with Gasteiger partial charge in [-0.05, 0) is 31.0 Å². The highest BCUT2D eigenvalue weighted by Gasteiger charge is 2.21. The second-order valence-corrected chi connectivity index (χ2v) is 9.35. The first-order valence-corrected chi connectivity index (χ1v) is 11.0. The monoisotopic (exact) mass is 410 g/mol. The lowest BCUT2D eigenvalue weighted by molar-refractivity contribution is 0.102. The van der Waals surface area contributed by atoms with Gasteiger partial charge in [-0.25, -0.2) is 13.1 Å².